The summed E-state index contributed by atoms with van der Waals surface area (Å²) in [6, 6.07) is 4.54. The minimum atomic E-state index is -3.31. The summed E-state index contributed by atoms with van der Waals surface area (Å²) < 4.78 is 32.0. The fourth-order valence-corrected chi connectivity index (χ4v) is 6.42. The van der Waals surface area contributed by atoms with Crippen LogP contribution in [0.5, 0.6) is 0 Å². The molecule has 5 rings (SSSR count). The summed E-state index contributed by atoms with van der Waals surface area (Å²) >= 11 is 12.5. The van der Waals surface area contributed by atoms with Gasteiger partial charge in [-0.2, -0.15) is 13.9 Å². The molecule has 2 aliphatic rings. The first-order valence-electron chi connectivity index (χ1n) is 15.8. The van der Waals surface area contributed by atoms with Gasteiger partial charge < -0.3 is 30.1 Å². The molecule has 0 bridgehead atoms. The number of carbonyl (C=O) groups is 3. The normalized spacial score (nSPS) is 17.3. The molecule has 0 spiro atoms. The molecule has 3 aromatic rings. The van der Waals surface area contributed by atoms with Crippen molar-refractivity contribution in [3.8, 4) is 11.3 Å². The number of aliphatic hydroxyl groups excluding tert-OH is 1. The molecule has 4 heterocycles. The first kappa shape index (κ1) is 35.7. The maximum atomic E-state index is 14.6. The van der Waals surface area contributed by atoms with Crippen LogP contribution in [0.1, 0.15) is 53.4 Å². The van der Waals surface area contributed by atoms with Crippen molar-refractivity contribution in [2.45, 2.75) is 39.2 Å². The molecule has 260 valence electrons. The summed E-state index contributed by atoms with van der Waals surface area (Å²) in [5, 5.41) is 19.9. The van der Waals surface area contributed by atoms with Gasteiger partial charge in [0.05, 0.1) is 29.1 Å². The Bertz CT molecular complexity index is 1660. The zero-order valence-corrected chi connectivity index (χ0v) is 28.6. The van der Waals surface area contributed by atoms with Crippen molar-refractivity contribution in [2.24, 2.45) is 18.4 Å². The van der Waals surface area contributed by atoms with Gasteiger partial charge in [0.2, 0.25) is 5.91 Å². The van der Waals surface area contributed by atoms with Gasteiger partial charge in [-0.3, -0.25) is 19.1 Å². The third kappa shape index (κ3) is 7.66. The standard InChI is InChI=1S/C32H40Cl2F2N8O4/c1-31(17-33,19-45)18-44-16-23(26(40-44)32(2,35)36)25-15-38-27(41(25)3)28(46)39-21-4-5-22(24(34)14-21)30(48)43-12-10-42(11-13-43)29(47)20-6-8-37-9-7-20/h4-5,14-16,20,37,45H,6-13,17-19H2,1-3H3,(H,39,46). The first-order valence-corrected chi connectivity index (χ1v) is 16.7. The number of benzene rings is 1. The minimum Gasteiger partial charge on any atom is -0.396 e. The van der Waals surface area contributed by atoms with E-state index < -0.39 is 22.9 Å². The van der Waals surface area contributed by atoms with Crippen molar-refractivity contribution in [1.82, 2.24) is 34.4 Å². The number of rotatable bonds is 10. The second kappa shape index (κ2) is 14.5. The molecule has 2 fully saturated rings. The number of nitrogens with one attached hydrogen (secondary N) is 2. The van der Waals surface area contributed by atoms with Crippen LogP contribution in [-0.2, 0) is 24.3 Å². The summed E-state index contributed by atoms with van der Waals surface area (Å²) in [7, 11) is 1.52. The highest BCUT2D eigenvalue weighted by Gasteiger charge is 2.35. The summed E-state index contributed by atoms with van der Waals surface area (Å²) in [5.41, 5.74) is -0.407. The largest absolute Gasteiger partial charge is 0.396 e. The number of imidazole rings is 1. The Balaban J connectivity index is 1.26. The second-order valence-corrected chi connectivity index (χ2v) is 13.6. The Morgan fingerprint density at radius 3 is 2.38 bits per heavy atom. The lowest BCUT2D eigenvalue weighted by atomic mass is 9.95. The third-order valence-electron chi connectivity index (χ3n) is 8.92. The van der Waals surface area contributed by atoms with E-state index >= 15 is 0 Å². The minimum absolute atomic E-state index is 0.0242. The van der Waals surface area contributed by atoms with Crippen LogP contribution in [-0.4, -0.2) is 104 Å². The van der Waals surface area contributed by atoms with E-state index in [4.69, 9.17) is 23.2 Å². The Kier molecular flexibility index (Phi) is 10.8. The van der Waals surface area contributed by atoms with E-state index in [1.807, 2.05) is 4.90 Å². The van der Waals surface area contributed by atoms with Gasteiger partial charge in [0.15, 0.2) is 5.82 Å². The van der Waals surface area contributed by atoms with E-state index in [-0.39, 0.29) is 64.4 Å². The molecule has 1 atom stereocenters. The van der Waals surface area contributed by atoms with Crippen molar-refractivity contribution >= 4 is 46.6 Å². The molecule has 0 saturated carbocycles. The lowest BCUT2D eigenvalue weighted by molar-refractivity contribution is -0.137. The molecule has 0 aliphatic carbocycles. The SMILES string of the molecule is Cn1c(-c2cn(CC(C)(CO)CCl)nc2C(C)(F)F)cnc1C(=O)Nc1ccc(C(=O)N2CCN(C(=O)C3CCNCC3)CC2)c(Cl)c1. The van der Waals surface area contributed by atoms with E-state index in [1.165, 1.54) is 40.8 Å². The van der Waals surface area contributed by atoms with E-state index in [1.54, 1.807) is 17.9 Å². The second-order valence-electron chi connectivity index (χ2n) is 12.9. The lowest BCUT2D eigenvalue weighted by Crippen LogP contribution is -2.52. The Morgan fingerprint density at radius 1 is 1.10 bits per heavy atom. The van der Waals surface area contributed by atoms with E-state index in [0.717, 1.165) is 32.9 Å². The van der Waals surface area contributed by atoms with Gasteiger partial charge in [0.1, 0.15) is 5.69 Å². The van der Waals surface area contributed by atoms with Crippen LogP contribution in [0.4, 0.5) is 14.5 Å². The number of piperazine rings is 1. The van der Waals surface area contributed by atoms with Gasteiger partial charge in [-0.25, -0.2) is 4.98 Å². The Morgan fingerprint density at radius 2 is 1.77 bits per heavy atom. The van der Waals surface area contributed by atoms with Crippen molar-refractivity contribution in [1.29, 1.82) is 0 Å². The highest BCUT2D eigenvalue weighted by Crippen LogP contribution is 2.36. The fraction of sp³-hybridized carbons (Fsp3) is 0.531. The number of piperidine rings is 1. The number of nitrogens with zero attached hydrogens (tertiary/aromatic N) is 6. The smallest absolute Gasteiger partial charge is 0.291 e. The van der Waals surface area contributed by atoms with E-state index in [9.17, 15) is 28.3 Å². The number of hydrogen-bond donors (Lipinski definition) is 3. The van der Waals surface area contributed by atoms with Gasteiger partial charge in [-0.05, 0) is 44.1 Å². The molecular weight excluding hydrogens is 669 g/mol. The number of aromatic nitrogens is 4. The predicted octanol–water partition coefficient (Wildman–Crippen LogP) is 3.82. The topological polar surface area (TPSA) is 138 Å². The molecule has 2 aliphatic heterocycles. The van der Waals surface area contributed by atoms with Crippen LogP contribution in [0.3, 0.4) is 0 Å². The molecule has 0 radical (unpaired) electrons. The molecular formula is C32H40Cl2F2N8O4. The summed E-state index contributed by atoms with van der Waals surface area (Å²) in [4.78, 5) is 47.1. The van der Waals surface area contributed by atoms with Crippen molar-refractivity contribution < 1.29 is 28.3 Å². The van der Waals surface area contributed by atoms with E-state index in [0.29, 0.717) is 31.9 Å². The maximum absolute atomic E-state index is 14.6. The van der Waals surface area contributed by atoms with E-state index in [2.05, 4.69) is 20.7 Å². The van der Waals surface area contributed by atoms with Crippen molar-refractivity contribution in [3.05, 3.63) is 52.7 Å². The van der Waals surface area contributed by atoms with Crippen LogP contribution in [0, 0.1) is 11.3 Å². The number of anilines is 1. The molecule has 3 N–H and O–H groups in total. The molecule has 3 amide bonds. The van der Waals surface area contributed by atoms with Crippen molar-refractivity contribution in [3.63, 3.8) is 0 Å². The zero-order chi connectivity index (χ0) is 34.8. The lowest BCUT2D eigenvalue weighted by Gasteiger charge is -2.37. The van der Waals surface area contributed by atoms with Gasteiger partial charge in [-0.1, -0.05) is 18.5 Å². The highest BCUT2D eigenvalue weighted by molar-refractivity contribution is 6.34. The molecule has 1 aromatic carbocycles. The summed E-state index contributed by atoms with van der Waals surface area (Å²) in [5.74, 6) is -4.00. The fourth-order valence-electron chi connectivity index (χ4n) is 5.99. The number of alkyl halides is 3. The van der Waals surface area contributed by atoms with Crippen molar-refractivity contribution in [2.75, 3.05) is 57.1 Å². The molecule has 2 aromatic heterocycles. The molecule has 16 heteroatoms. The van der Waals surface area contributed by atoms with Crippen LogP contribution >= 0.6 is 23.2 Å². The quantitative estimate of drug-likeness (QED) is 0.273. The van der Waals surface area contributed by atoms with Gasteiger partial charge in [-0.15, -0.1) is 11.6 Å². The highest BCUT2D eigenvalue weighted by atomic mass is 35.5. The molecule has 1 unspecified atom stereocenters. The summed E-state index contributed by atoms with van der Waals surface area (Å²) in [6.07, 6.45) is 4.38. The van der Waals surface area contributed by atoms with Crippen LogP contribution < -0.4 is 10.6 Å². The number of aliphatic hydroxyl groups is 1. The predicted molar refractivity (Wildman–Crippen MR) is 177 cm³/mol. The number of halogens is 4. The molecule has 2 saturated heterocycles. The van der Waals surface area contributed by atoms with Crippen LogP contribution in [0.25, 0.3) is 11.3 Å². The first-order chi connectivity index (χ1) is 22.7. The zero-order valence-electron chi connectivity index (χ0n) is 27.1. The Hall–Kier alpha value is -3.59. The van der Waals surface area contributed by atoms with Crippen LogP contribution in [0.2, 0.25) is 5.02 Å². The average Bonchev–Trinajstić information content (AvgIpc) is 3.67. The van der Waals surface area contributed by atoms with Crippen LogP contribution in [0.15, 0.2) is 30.6 Å². The van der Waals surface area contributed by atoms with Gasteiger partial charge in [0, 0.05) is 81.4 Å². The molecule has 12 nitrogen and oxygen atoms in total. The molecule has 48 heavy (non-hydrogen) atoms. The van der Waals surface area contributed by atoms with Gasteiger partial charge >= 0.3 is 0 Å². The Labute approximate surface area is 287 Å². The number of amides is 3. The van der Waals surface area contributed by atoms with Gasteiger partial charge in [0.25, 0.3) is 17.7 Å². The number of carbonyl (C=O) groups excluding carboxylic acids is 3. The third-order valence-corrected chi connectivity index (χ3v) is 9.88. The average molecular weight is 710 g/mol. The summed E-state index contributed by atoms with van der Waals surface area (Å²) in [6.45, 7) is 5.64. The maximum Gasteiger partial charge on any atom is 0.291 e. The monoisotopic (exact) mass is 708 g/mol. The number of hydrogen-bond acceptors (Lipinski definition) is 7.